The molecule has 0 heterocycles. The SMILES string of the molecule is C=CCNC(CCc1ccccc1)(C(=O)OCc1ccccc1)C(=O)OC(C)(C)C. The third-order valence-corrected chi connectivity index (χ3v) is 4.49. The molecule has 2 rings (SSSR count). The Bertz CT molecular complexity index is 827. The second-order valence-corrected chi connectivity index (χ2v) is 8.12. The molecular weight excluding hydrogens is 378 g/mol. The van der Waals surface area contributed by atoms with Gasteiger partial charge in [-0.05, 0) is 44.7 Å². The topological polar surface area (TPSA) is 64.6 Å². The first-order chi connectivity index (χ1) is 14.3. The van der Waals surface area contributed by atoms with Crippen LogP contribution < -0.4 is 5.32 Å². The normalized spacial score (nSPS) is 13.2. The Hall–Kier alpha value is -2.92. The van der Waals surface area contributed by atoms with Crippen molar-refractivity contribution in [2.24, 2.45) is 0 Å². The van der Waals surface area contributed by atoms with Gasteiger partial charge in [0.05, 0.1) is 0 Å². The van der Waals surface area contributed by atoms with Gasteiger partial charge in [-0.25, -0.2) is 9.59 Å². The minimum atomic E-state index is -1.63. The molecular formula is C25H31NO4. The van der Waals surface area contributed by atoms with Gasteiger partial charge in [0.15, 0.2) is 0 Å². The van der Waals surface area contributed by atoms with Crippen molar-refractivity contribution in [1.82, 2.24) is 5.32 Å². The van der Waals surface area contributed by atoms with Crippen molar-refractivity contribution < 1.29 is 19.1 Å². The lowest BCUT2D eigenvalue weighted by molar-refractivity contribution is -0.174. The van der Waals surface area contributed by atoms with Gasteiger partial charge in [-0.1, -0.05) is 66.7 Å². The van der Waals surface area contributed by atoms with Crippen molar-refractivity contribution in [3.05, 3.63) is 84.4 Å². The third kappa shape index (κ3) is 6.85. The van der Waals surface area contributed by atoms with E-state index in [0.29, 0.717) is 6.42 Å². The Kier molecular flexibility index (Phi) is 8.36. The molecule has 160 valence electrons. The number of carbonyl (C=O) groups is 2. The van der Waals surface area contributed by atoms with Crippen LogP contribution in [0, 0.1) is 0 Å². The van der Waals surface area contributed by atoms with Crippen LogP contribution in [0.5, 0.6) is 0 Å². The Balaban J connectivity index is 2.30. The maximum absolute atomic E-state index is 13.3. The van der Waals surface area contributed by atoms with Crippen molar-refractivity contribution >= 4 is 11.9 Å². The Morgan fingerprint density at radius 2 is 1.50 bits per heavy atom. The molecule has 1 atom stereocenters. The number of hydrogen-bond donors (Lipinski definition) is 1. The zero-order valence-electron chi connectivity index (χ0n) is 18.0. The number of hydrogen-bond acceptors (Lipinski definition) is 5. The van der Waals surface area contributed by atoms with E-state index in [1.165, 1.54) is 0 Å². The molecule has 30 heavy (non-hydrogen) atoms. The Morgan fingerprint density at radius 3 is 2.03 bits per heavy atom. The summed E-state index contributed by atoms with van der Waals surface area (Å²) in [4.78, 5) is 26.5. The van der Waals surface area contributed by atoms with Gasteiger partial charge in [-0.3, -0.25) is 5.32 Å². The van der Waals surface area contributed by atoms with Crippen LogP contribution in [0.15, 0.2) is 73.3 Å². The Morgan fingerprint density at radius 1 is 0.933 bits per heavy atom. The first-order valence-corrected chi connectivity index (χ1v) is 10.1. The summed E-state index contributed by atoms with van der Waals surface area (Å²) in [5.74, 6) is -1.30. The third-order valence-electron chi connectivity index (χ3n) is 4.49. The fourth-order valence-corrected chi connectivity index (χ4v) is 2.95. The smallest absolute Gasteiger partial charge is 0.338 e. The average molecular weight is 410 g/mol. The summed E-state index contributed by atoms with van der Waals surface area (Å²) in [6, 6.07) is 19.1. The second-order valence-electron chi connectivity index (χ2n) is 8.12. The molecule has 1 N–H and O–H groups in total. The molecule has 5 nitrogen and oxygen atoms in total. The van der Waals surface area contributed by atoms with Crippen molar-refractivity contribution in [2.75, 3.05) is 6.54 Å². The van der Waals surface area contributed by atoms with E-state index in [1.54, 1.807) is 26.8 Å². The summed E-state index contributed by atoms with van der Waals surface area (Å²) in [5.41, 5.74) is -0.520. The molecule has 0 bridgehead atoms. The molecule has 2 aromatic rings. The number of carbonyl (C=O) groups excluding carboxylic acids is 2. The lowest BCUT2D eigenvalue weighted by Crippen LogP contribution is -2.61. The van der Waals surface area contributed by atoms with Gasteiger partial charge < -0.3 is 9.47 Å². The number of rotatable bonds is 10. The highest BCUT2D eigenvalue weighted by Crippen LogP contribution is 2.23. The van der Waals surface area contributed by atoms with Crippen LogP contribution >= 0.6 is 0 Å². The van der Waals surface area contributed by atoms with Gasteiger partial charge in [-0.2, -0.15) is 0 Å². The molecule has 0 aliphatic rings. The van der Waals surface area contributed by atoms with E-state index in [4.69, 9.17) is 9.47 Å². The summed E-state index contributed by atoms with van der Waals surface area (Å²) in [6.45, 7) is 9.36. The van der Waals surface area contributed by atoms with Gasteiger partial charge >= 0.3 is 11.9 Å². The van der Waals surface area contributed by atoms with E-state index >= 15 is 0 Å². The van der Waals surface area contributed by atoms with Crippen LogP contribution in [0.3, 0.4) is 0 Å². The molecule has 0 saturated heterocycles. The van der Waals surface area contributed by atoms with Crippen molar-refractivity contribution in [2.45, 2.75) is 51.4 Å². The zero-order chi connectivity index (χ0) is 22.0. The van der Waals surface area contributed by atoms with E-state index in [-0.39, 0.29) is 19.6 Å². The molecule has 0 aliphatic carbocycles. The van der Waals surface area contributed by atoms with Gasteiger partial charge in [0.25, 0.3) is 0 Å². The van der Waals surface area contributed by atoms with E-state index in [2.05, 4.69) is 11.9 Å². The maximum Gasteiger partial charge on any atom is 0.338 e. The van der Waals surface area contributed by atoms with Gasteiger partial charge in [0, 0.05) is 6.54 Å². The lowest BCUT2D eigenvalue weighted by Gasteiger charge is -2.33. The standard InChI is InChI=1S/C25H31NO4/c1-5-18-26-25(23(28)30-24(2,3)4,17-16-20-12-8-6-9-13-20)22(27)29-19-21-14-10-7-11-15-21/h5-15,26H,1,16-19H2,2-4H3. The van der Waals surface area contributed by atoms with Crippen molar-refractivity contribution in [1.29, 1.82) is 0 Å². The Labute approximate surface area is 179 Å². The van der Waals surface area contributed by atoms with E-state index in [0.717, 1.165) is 11.1 Å². The summed E-state index contributed by atoms with van der Waals surface area (Å²) < 4.78 is 11.2. The highest BCUT2D eigenvalue weighted by Gasteiger charge is 2.49. The number of aryl methyl sites for hydroxylation is 1. The molecule has 0 aromatic heterocycles. The number of ether oxygens (including phenoxy) is 2. The molecule has 0 spiro atoms. The molecule has 2 aromatic carbocycles. The first kappa shape index (κ1) is 23.4. The molecule has 0 fully saturated rings. The average Bonchev–Trinajstić information content (AvgIpc) is 2.72. The predicted molar refractivity (Wildman–Crippen MR) is 118 cm³/mol. The van der Waals surface area contributed by atoms with E-state index < -0.39 is 23.1 Å². The summed E-state index contributed by atoms with van der Waals surface area (Å²) in [7, 11) is 0. The second kappa shape index (κ2) is 10.7. The van der Waals surface area contributed by atoms with Gasteiger partial charge in [-0.15, -0.1) is 6.58 Å². The van der Waals surface area contributed by atoms with Crippen LogP contribution in [0.25, 0.3) is 0 Å². The lowest BCUT2D eigenvalue weighted by atomic mass is 9.90. The molecule has 0 aliphatic heterocycles. The van der Waals surface area contributed by atoms with E-state index in [9.17, 15) is 9.59 Å². The maximum atomic E-state index is 13.3. The number of esters is 2. The molecule has 0 radical (unpaired) electrons. The molecule has 0 saturated carbocycles. The van der Waals surface area contributed by atoms with Crippen LogP contribution in [0.2, 0.25) is 0 Å². The van der Waals surface area contributed by atoms with E-state index in [1.807, 2.05) is 60.7 Å². The van der Waals surface area contributed by atoms with Gasteiger partial charge in [0.2, 0.25) is 5.54 Å². The summed E-state index contributed by atoms with van der Waals surface area (Å²) in [6.07, 6.45) is 2.31. The summed E-state index contributed by atoms with van der Waals surface area (Å²) in [5, 5.41) is 3.04. The quantitative estimate of drug-likeness (QED) is 0.362. The van der Waals surface area contributed by atoms with Gasteiger partial charge in [0.1, 0.15) is 12.2 Å². The van der Waals surface area contributed by atoms with Crippen molar-refractivity contribution in [3.8, 4) is 0 Å². The molecule has 5 heteroatoms. The first-order valence-electron chi connectivity index (χ1n) is 10.1. The minimum Gasteiger partial charge on any atom is -0.459 e. The summed E-state index contributed by atoms with van der Waals surface area (Å²) >= 11 is 0. The molecule has 0 amide bonds. The predicted octanol–water partition coefficient (Wildman–Crippen LogP) is 4.22. The van der Waals surface area contributed by atoms with Crippen LogP contribution in [-0.2, 0) is 32.1 Å². The highest BCUT2D eigenvalue weighted by atomic mass is 16.6. The fourth-order valence-electron chi connectivity index (χ4n) is 2.95. The van der Waals surface area contributed by atoms with Crippen LogP contribution in [-0.4, -0.2) is 29.6 Å². The number of benzene rings is 2. The fraction of sp³-hybridized carbons (Fsp3) is 0.360. The largest absolute Gasteiger partial charge is 0.459 e. The number of nitrogens with one attached hydrogen (secondary N) is 1. The van der Waals surface area contributed by atoms with Crippen LogP contribution in [0.1, 0.15) is 38.3 Å². The molecule has 1 unspecified atom stereocenters. The minimum absolute atomic E-state index is 0.0747. The highest BCUT2D eigenvalue weighted by molar-refractivity contribution is 6.05. The van der Waals surface area contributed by atoms with Crippen molar-refractivity contribution in [3.63, 3.8) is 0 Å². The monoisotopic (exact) mass is 409 g/mol. The van der Waals surface area contributed by atoms with Crippen LogP contribution in [0.4, 0.5) is 0 Å². The zero-order valence-corrected chi connectivity index (χ0v) is 18.0.